The Bertz CT molecular complexity index is 525. The molecule has 108 valence electrons. The number of rotatable bonds is 6. The molecule has 0 spiro atoms. The molecule has 1 unspecified atom stereocenters. The van der Waals surface area contributed by atoms with Gasteiger partial charge in [-0.1, -0.05) is 41.9 Å². The van der Waals surface area contributed by atoms with Crippen LogP contribution in [-0.2, 0) is 6.42 Å². The molecule has 0 saturated heterocycles. The maximum atomic E-state index is 6.12. The van der Waals surface area contributed by atoms with E-state index in [9.17, 15) is 0 Å². The van der Waals surface area contributed by atoms with Crippen LogP contribution < -0.4 is 5.73 Å². The third-order valence-corrected chi connectivity index (χ3v) is 5.92. The molecule has 1 heterocycles. The zero-order chi connectivity index (χ0) is 14.5. The molecule has 0 amide bonds. The van der Waals surface area contributed by atoms with E-state index in [0.29, 0.717) is 6.54 Å². The van der Waals surface area contributed by atoms with Crippen LogP contribution in [0.1, 0.15) is 16.5 Å². The molecule has 1 aromatic carbocycles. The lowest BCUT2D eigenvalue weighted by Crippen LogP contribution is -2.31. The second kappa shape index (κ2) is 7.57. The first kappa shape index (κ1) is 16.0. The Labute approximate surface area is 137 Å². The maximum absolute atomic E-state index is 6.12. The first-order valence-electron chi connectivity index (χ1n) is 6.50. The van der Waals surface area contributed by atoms with Gasteiger partial charge in [-0.2, -0.15) is 0 Å². The van der Waals surface area contributed by atoms with Crippen molar-refractivity contribution in [3.63, 3.8) is 0 Å². The van der Waals surface area contributed by atoms with Crippen molar-refractivity contribution in [2.24, 2.45) is 5.73 Å². The second-order valence-electron chi connectivity index (χ2n) is 4.74. The van der Waals surface area contributed by atoms with E-state index in [1.54, 1.807) is 11.3 Å². The van der Waals surface area contributed by atoms with Crippen molar-refractivity contribution in [1.82, 2.24) is 4.90 Å². The standard InChI is InChI=1S/C15H18BrClN2S/c1-19(8-7-11-5-3-2-4-6-11)13(10-18)14-9-12(16)15(17)20-14/h2-6,9,13H,7-8,10,18H2,1H3. The quantitative estimate of drug-likeness (QED) is 0.816. The number of halogens is 2. The Morgan fingerprint density at radius 2 is 2.05 bits per heavy atom. The predicted molar refractivity (Wildman–Crippen MR) is 91.6 cm³/mol. The molecule has 2 rings (SSSR count). The highest BCUT2D eigenvalue weighted by Crippen LogP contribution is 2.36. The highest BCUT2D eigenvalue weighted by atomic mass is 79.9. The van der Waals surface area contributed by atoms with Gasteiger partial charge in [-0.05, 0) is 41.0 Å². The fraction of sp³-hybridized carbons (Fsp3) is 0.333. The molecule has 2 aromatic rings. The second-order valence-corrected chi connectivity index (χ2v) is 7.28. The molecule has 2 nitrogen and oxygen atoms in total. The lowest BCUT2D eigenvalue weighted by atomic mass is 10.1. The van der Waals surface area contributed by atoms with Crippen molar-refractivity contribution in [1.29, 1.82) is 0 Å². The van der Waals surface area contributed by atoms with Crippen LogP contribution in [0.2, 0.25) is 4.34 Å². The van der Waals surface area contributed by atoms with E-state index in [0.717, 1.165) is 21.8 Å². The molecule has 0 aliphatic rings. The van der Waals surface area contributed by atoms with E-state index >= 15 is 0 Å². The van der Waals surface area contributed by atoms with E-state index < -0.39 is 0 Å². The van der Waals surface area contributed by atoms with Crippen molar-refractivity contribution in [2.75, 3.05) is 20.1 Å². The molecule has 20 heavy (non-hydrogen) atoms. The van der Waals surface area contributed by atoms with Gasteiger partial charge in [0.15, 0.2) is 0 Å². The third kappa shape index (κ3) is 4.06. The van der Waals surface area contributed by atoms with Crippen LogP contribution in [-0.4, -0.2) is 25.0 Å². The van der Waals surface area contributed by atoms with Gasteiger partial charge in [-0.25, -0.2) is 0 Å². The topological polar surface area (TPSA) is 29.3 Å². The summed E-state index contributed by atoms with van der Waals surface area (Å²) < 4.78 is 1.74. The summed E-state index contributed by atoms with van der Waals surface area (Å²) in [5, 5.41) is 0. The van der Waals surface area contributed by atoms with Gasteiger partial charge in [-0.3, -0.25) is 4.90 Å². The van der Waals surface area contributed by atoms with Gasteiger partial charge in [0, 0.05) is 22.4 Å². The summed E-state index contributed by atoms with van der Waals surface area (Å²) in [6.07, 6.45) is 1.02. The summed E-state index contributed by atoms with van der Waals surface area (Å²) in [4.78, 5) is 3.50. The molecule has 2 N–H and O–H groups in total. The van der Waals surface area contributed by atoms with E-state index in [1.165, 1.54) is 10.4 Å². The molecule has 0 radical (unpaired) electrons. The summed E-state index contributed by atoms with van der Waals surface area (Å²) in [5.41, 5.74) is 7.29. The molecule has 5 heteroatoms. The summed E-state index contributed by atoms with van der Waals surface area (Å²) in [6, 6.07) is 12.8. The molecule has 1 atom stereocenters. The van der Waals surface area contributed by atoms with Crippen LogP contribution in [0.25, 0.3) is 0 Å². The molecular weight excluding hydrogens is 356 g/mol. The number of thiophene rings is 1. The smallest absolute Gasteiger partial charge is 0.107 e. The van der Waals surface area contributed by atoms with Crippen molar-refractivity contribution in [2.45, 2.75) is 12.5 Å². The zero-order valence-corrected chi connectivity index (χ0v) is 14.5. The third-order valence-electron chi connectivity index (χ3n) is 3.34. The molecule has 1 aromatic heterocycles. The number of hydrogen-bond acceptors (Lipinski definition) is 3. The van der Waals surface area contributed by atoms with E-state index in [-0.39, 0.29) is 6.04 Å². The first-order chi connectivity index (χ1) is 9.61. The van der Waals surface area contributed by atoms with Gasteiger partial charge in [0.1, 0.15) is 4.34 Å². The Kier molecular flexibility index (Phi) is 6.05. The summed E-state index contributed by atoms with van der Waals surface area (Å²) >= 11 is 11.2. The largest absolute Gasteiger partial charge is 0.329 e. The summed E-state index contributed by atoms with van der Waals surface area (Å²) in [5.74, 6) is 0. The SMILES string of the molecule is CN(CCc1ccccc1)C(CN)c1cc(Br)c(Cl)s1. The Morgan fingerprint density at radius 1 is 1.35 bits per heavy atom. The van der Waals surface area contributed by atoms with Gasteiger partial charge >= 0.3 is 0 Å². The minimum Gasteiger partial charge on any atom is -0.329 e. The number of likely N-dealkylation sites (N-methyl/N-ethyl adjacent to an activating group) is 1. The summed E-state index contributed by atoms with van der Waals surface area (Å²) in [7, 11) is 2.11. The Hall–Kier alpha value is -0.390. The highest BCUT2D eigenvalue weighted by Gasteiger charge is 2.18. The van der Waals surface area contributed by atoms with E-state index in [2.05, 4.69) is 58.2 Å². The van der Waals surface area contributed by atoms with Crippen molar-refractivity contribution in [3.05, 3.63) is 55.6 Å². The maximum Gasteiger partial charge on any atom is 0.107 e. The summed E-state index contributed by atoms with van der Waals surface area (Å²) in [6.45, 7) is 1.56. The first-order valence-corrected chi connectivity index (χ1v) is 8.49. The van der Waals surface area contributed by atoms with Crippen LogP contribution >= 0.6 is 38.9 Å². The van der Waals surface area contributed by atoms with Crippen molar-refractivity contribution < 1.29 is 0 Å². The Balaban J connectivity index is 2.00. The fourth-order valence-corrected chi connectivity index (χ4v) is 4.06. The van der Waals surface area contributed by atoms with Gasteiger partial charge < -0.3 is 5.73 Å². The van der Waals surface area contributed by atoms with E-state index in [4.69, 9.17) is 17.3 Å². The average molecular weight is 374 g/mol. The monoisotopic (exact) mass is 372 g/mol. The van der Waals surface area contributed by atoms with Gasteiger partial charge in [-0.15, -0.1) is 11.3 Å². The molecule has 0 bridgehead atoms. The number of nitrogens with two attached hydrogens (primary N) is 1. The van der Waals surface area contributed by atoms with Crippen molar-refractivity contribution in [3.8, 4) is 0 Å². The number of hydrogen-bond donors (Lipinski definition) is 1. The number of benzene rings is 1. The molecule has 0 fully saturated rings. The average Bonchev–Trinajstić information content (AvgIpc) is 2.78. The highest BCUT2D eigenvalue weighted by molar-refractivity contribution is 9.10. The van der Waals surface area contributed by atoms with Crippen LogP contribution in [0.15, 0.2) is 40.9 Å². The van der Waals surface area contributed by atoms with Gasteiger partial charge in [0.2, 0.25) is 0 Å². The van der Waals surface area contributed by atoms with Crippen LogP contribution in [0.4, 0.5) is 0 Å². The molecular formula is C15H18BrClN2S. The predicted octanol–water partition coefficient (Wildman–Crippen LogP) is 4.34. The molecule has 0 aliphatic carbocycles. The zero-order valence-electron chi connectivity index (χ0n) is 11.4. The van der Waals surface area contributed by atoms with Crippen molar-refractivity contribution >= 4 is 38.9 Å². The normalized spacial score (nSPS) is 12.8. The minimum absolute atomic E-state index is 0.215. The fourth-order valence-electron chi connectivity index (χ4n) is 2.15. The van der Waals surface area contributed by atoms with Gasteiger partial charge in [0.25, 0.3) is 0 Å². The molecule has 0 aliphatic heterocycles. The van der Waals surface area contributed by atoms with Crippen LogP contribution in [0.3, 0.4) is 0 Å². The lowest BCUT2D eigenvalue weighted by molar-refractivity contribution is 0.256. The van der Waals surface area contributed by atoms with E-state index in [1.807, 2.05) is 6.07 Å². The van der Waals surface area contributed by atoms with Gasteiger partial charge in [0.05, 0.1) is 6.04 Å². The number of nitrogens with zero attached hydrogens (tertiary/aromatic N) is 1. The van der Waals surface area contributed by atoms with Crippen LogP contribution in [0.5, 0.6) is 0 Å². The Morgan fingerprint density at radius 3 is 2.60 bits per heavy atom. The minimum atomic E-state index is 0.215. The molecule has 0 saturated carbocycles. The van der Waals surface area contributed by atoms with Crippen LogP contribution in [0, 0.1) is 0 Å². The lowest BCUT2D eigenvalue weighted by Gasteiger charge is -2.26.